The van der Waals surface area contributed by atoms with Crippen molar-refractivity contribution < 1.29 is 13.6 Å². The van der Waals surface area contributed by atoms with Gasteiger partial charge in [0.1, 0.15) is 11.7 Å². The van der Waals surface area contributed by atoms with Gasteiger partial charge in [-0.3, -0.25) is 4.79 Å². The van der Waals surface area contributed by atoms with E-state index in [1.54, 1.807) is 6.07 Å². The lowest BCUT2D eigenvalue weighted by atomic mass is 9.94. The van der Waals surface area contributed by atoms with Crippen LogP contribution in [-0.4, -0.2) is 5.78 Å². The number of carbonyl (C=O) groups is 1. The first-order valence-corrected chi connectivity index (χ1v) is 5.93. The number of rotatable bonds is 3. The largest absolute Gasteiger partial charge is 0.442 e. The van der Waals surface area contributed by atoms with Gasteiger partial charge in [0, 0.05) is 10.6 Å². The topological polar surface area (TPSA) is 54.0 Å². The highest BCUT2D eigenvalue weighted by Crippen LogP contribution is 2.30. The van der Waals surface area contributed by atoms with Gasteiger partial charge in [-0.25, -0.2) is 4.39 Å². The average Bonchev–Trinajstić information content (AvgIpc) is 2.80. The van der Waals surface area contributed by atoms with Crippen molar-refractivity contribution in [2.75, 3.05) is 0 Å². The number of nitrogens with zero attached hydrogens (tertiary/aromatic N) is 1. The Hall–Kier alpha value is -1.83. The first-order chi connectivity index (χ1) is 9.04. The molecular formula is C13H6Cl2FNO2. The second-order valence-electron chi connectivity index (χ2n) is 3.67. The van der Waals surface area contributed by atoms with Crippen molar-refractivity contribution >= 4 is 29.0 Å². The van der Waals surface area contributed by atoms with Gasteiger partial charge < -0.3 is 4.42 Å². The summed E-state index contributed by atoms with van der Waals surface area (Å²) >= 11 is 11.4. The molecule has 1 atom stereocenters. The van der Waals surface area contributed by atoms with Crippen LogP contribution in [0.4, 0.5) is 4.39 Å². The zero-order chi connectivity index (χ0) is 14.0. The minimum Gasteiger partial charge on any atom is -0.442 e. The third-order valence-electron chi connectivity index (χ3n) is 2.50. The zero-order valence-electron chi connectivity index (χ0n) is 9.36. The van der Waals surface area contributed by atoms with Crippen LogP contribution < -0.4 is 0 Å². The number of Topliss-reactive ketones (excluding diaryl/α,β-unsaturated/α-hetero) is 1. The molecule has 0 aliphatic rings. The van der Waals surface area contributed by atoms with Crippen molar-refractivity contribution in [1.82, 2.24) is 0 Å². The smallest absolute Gasteiger partial charge is 0.219 e. The van der Waals surface area contributed by atoms with E-state index >= 15 is 0 Å². The van der Waals surface area contributed by atoms with Crippen LogP contribution in [0.2, 0.25) is 10.2 Å². The van der Waals surface area contributed by atoms with E-state index in [0.717, 1.165) is 6.07 Å². The fourth-order valence-electron chi connectivity index (χ4n) is 1.63. The van der Waals surface area contributed by atoms with Crippen LogP contribution in [0, 0.1) is 17.1 Å². The second-order valence-corrected chi connectivity index (χ2v) is 4.45. The fourth-order valence-corrected chi connectivity index (χ4v) is 2.05. The van der Waals surface area contributed by atoms with Gasteiger partial charge in [0.2, 0.25) is 5.78 Å². The molecule has 0 fully saturated rings. The Morgan fingerprint density at radius 2 is 2.05 bits per heavy atom. The Labute approximate surface area is 118 Å². The van der Waals surface area contributed by atoms with E-state index < -0.39 is 17.5 Å². The third kappa shape index (κ3) is 2.62. The first-order valence-electron chi connectivity index (χ1n) is 5.17. The van der Waals surface area contributed by atoms with E-state index in [-0.39, 0.29) is 21.6 Å². The Morgan fingerprint density at radius 3 is 2.58 bits per heavy atom. The first kappa shape index (κ1) is 13.6. The van der Waals surface area contributed by atoms with Gasteiger partial charge in [-0.2, -0.15) is 5.26 Å². The van der Waals surface area contributed by atoms with E-state index in [1.165, 1.54) is 24.3 Å². The van der Waals surface area contributed by atoms with Gasteiger partial charge in [0.05, 0.1) is 6.07 Å². The lowest BCUT2D eigenvalue weighted by Crippen LogP contribution is -2.12. The molecule has 0 radical (unpaired) electrons. The van der Waals surface area contributed by atoms with Crippen LogP contribution in [-0.2, 0) is 0 Å². The van der Waals surface area contributed by atoms with E-state index in [9.17, 15) is 9.18 Å². The van der Waals surface area contributed by atoms with Gasteiger partial charge in [0.15, 0.2) is 11.0 Å². The molecule has 0 amide bonds. The van der Waals surface area contributed by atoms with Crippen molar-refractivity contribution in [3.63, 3.8) is 0 Å². The third-order valence-corrected chi connectivity index (χ3v) is 3.03. The van der Waals surface area contributed by atoms with Crippen molar-refractivity contribution in [3.05, 3.63) is 57.7 Å². The monoisotopic (exact) mass is 297 g/mol. The van der Waals surface area contributed by atoms with Crippen LogP contribution in [0.3, 0.4) is 0 Å². The highest BCUT2D eigenvalue weighted by Gasteiger charge is 2.29. The molecule has 1 heterocycles. The summed E-state index contributed by atoms with van der Waals surface area (Å²) in [4.78, 5) is 12.1. The molecule has 0 N–H and O–H groups in total. The highest BCUT2D eigenvalue weighted by molar-refractivity contribution is 6.32. The molecule has 1 aromatic heterocycles. The van der Waals surface area contributed by atoms with E-state index in [1.807, 2.05) is 0 Å². The number of halogens is 3. The number of carbonyl (C=O) groups excluding carboxylic acids is 1. The molecule has 0 bridgehead atoms. The number of hydrogen-bond donors (Lipinski definition) is 0. The SMILES string of the molecule is N#CC(C(=O)c1ccc(Cl)o1)c1c(F)cccc1Cl. The summed E-state index contributed by atoms with van der Waals surface area (Å²) in [5, 5.41) is 9.12. The van der Waals surface area contributed by atoms with Gasteiger partial charge >= 0.3 is 0 Å². The maximum absolute atomic E-state index is 13.7. The van der Waals surface area contributed by atoms with Gasteiger partial charge in [-0.1, -0.05) is 17.7 Å². The van der Waals surface area contributed by atoms with Crippen LogP contribution in [0.1, 0.15) is 22.0 Å². The molecule has 3 nitrogen and oxygen atoms in total. The molecule has 0 aliphatic carbocycles. The predicted molar refractivity (Wildman–Crippen MR) is 67.8 cm³/mol. The van der Waals surface area contributed by atoms with Crippen LogP contribution in [0.5, 0.6) is 0 Å². The summed E-state index contributed by atoms with van der Waals surface area (Å²) in [6, 6.07) is 8.36. The summed E-state index contributed by atoms with van der Waals surface area (Å²) in [6.07, 6.45) is 0. The molecule has 6 heteroatoms. The molecule has 1 unspecified atom stereocenters. The quantitative estimate of drug-likeness (QED) is 0.797. The zero-order valence-corrected chi connectivity index (χ0v) is 10.9. The predicted octanol–water partition coefficient (Wildman–Crippen LogP) is 4.22. The number of nitriles is 1. The molecule has 1 aromatic carbocycles. The van der Waals surface area contributed by atoms with E-state index in [0.29, 0.717) is 0 Å². The van der Waals surface area contributed by atoms with E-state index in [4.69, 9.17) is 32.9 Å². The molecule has 0 spiro atoms. The Kier molecular flexibility index (Phi) is 3.89. The number of benzene rings is 1. The van der Waals surface area contributed by atoms with E-state index in [2.05, 4.69) is 0 Å². The standard InChI is InChI=1S/C13H6Cl2FNO2/c14-8-2-1-3-9(16)12(8)7(6-17)13(18)10-4-5-11(15)19-10/h1-5,7H. The van der Waals surface area contributed by atoms with Crippen molar-refractivity contribution in [2.45, 2.75) is 5.92 Å². The molecule has 2 aromatic rings. The maximum atomic E-state index is 13.7. The average molecular weight is 298 g/mol. The maximum Gasteiger partial charge on any atom is 0.219 e. The van der Waals surface area contributed by atoms with Gasteiger partial charge in [-0.05, 0) is 35.9 Å². The Balaban J connectivity index is 2.47. The second kappa shape index (κ2) is 5.43. The van der Waals surface area contributed by atoms with Crippen molar-refractivity contribution in [2.24, 2.45) is 0 Å². The molecule has 0 aliphatic heterocycles. The fraction of sp³-hybridized carbons (Fsp3) is 0.0769. The number of ketones is 1. The molecule has 0 saturated carbocycles. The van der Waals surface area contributed by atoms with Gasteiger partial charge in [-0.15, -0.1) is 0 Å². The van der Waals surface area contributed by atoms with Crippen LogP contribution >= 0.6 is 23.2 Å². The molecule has 0 saturated heterocycles. The lowest BCUT2D eigenvalue weighted by molar-refractivity contribution is 0.0950. The Morgan fingerprint density at radius 1 is 1.32 bits per heavy atom. The molecule has 2 rings (SSSR count). The van der Waals surface area contributed by atoms with Crippen molar-refractivity contribution in [3.8, 4) is 6.07 Å². The molecule has 96 valence electrons. The van der Waals surface area contributed by atoms with Crippen LogP contribution in [0.15, 0.2) is 34.7 Å². The summed E-state index contributed by atoms with van der Waals surface area (Å²) in [7, 11) is 0. The summed E-state index contributed by atoms with van der Waals surface area (Å²) in [6.45, 7) is 0. The minimum atomic E-state index is -1.38. The normalized spacial score (nSPS) is 11.9. The lowest BCUT2D eigenvalue weighted by Gasteiger charge is -2.09. The molecular weight excluding hydrogens is 292 g/mol. The Bertz CT molecular complexity index is 655. The molecule has 19 heavy (non-hydrogen) atoms. The summed E-state index contributed by atoms with van der Waals surface area (Å²) in [5.74, 6) is -2.90. The minimum absolute atomic E-state index is 0.0116. The summed E-state index contributed by atoms with van der Waals surface area (Å²) in [5.41, 5.74) is -0.163. The van der Waals surface area contributed by atoms with Gasteiger partial charge in [0.25, 0.3) is 0 Å². The summed E-state index contributed by atoms with van der Waals surface area (Å²) < 4.78 is 18.7. The number of furan rings is 1. The highest BCUT2D eigenvalue weighted by atomic mass is 35.5. The number of hydrogen-bond acceptors (Lipinski definition) is 3. The van der Waals surface area contributed by atoms with Crippen molar-refractivity contribution in [1.29, 1.82) is 5.26 Å². The van der Waals surface area contributed by atoms with Crippen LogP contribution in [0.25, 0.3) is 0 Å².